The summed E-state index contributed by atoms with van der Waals surface area (Å²) in [4.78, 5) is 2.60. The van der Waals surface area contributed by atoms with Gasteiger partial charge in [0.15, 0.2) is 12.4 Å². The van der Waals surface area contributed by atoms with E-state index in [2.05, 4.69) is 245 Å². The Labute approximate surface area is 377 Å². The van der Waals surface area contributed by atoms with Crippen molar-refractivity contribution >= 4 is 78.3 Å². The molecule has 12 aromatic rings. The number of hydrogen-bond donors (Lipinski definition) is 0. The average molecular weight is 825 g/mol. The van der Waals surface area contributed by atoms with Crippen molar-refractivity contribution in [3.63, 3.8) is 0 Å². The van der Waals surface area contributed by atoms with Crippen LogP contribution in [0.1, 0.15) is 39.4 Å². The third-order valence-electron chi connectivity index (χ3n) is 15.2. The van der Waals surface area contributed by atoms with Crippen molar-refractivity contribution in [3.8, 4) is 11.1 Å². The number of para-hydroxylation sites is 3. The molecule has 0 spiro atoms. The van der Waals surface area contributed by atoms with Crippen LogP contribution in [-0.4, -0.2) is 11.1 Å². The Hall–Kier alpha value is -8.21. The van der Waals surface area contributed by atoms with E-state index in [9.17, 15) is 0 Å². The van der Waals surface area contributed by atoms with E-state index in [4.69, 9.17) is 0 Å². The second-order valence-electron chi connectivity index (χ2n) is 18.1. The lowest BCUT2D eigenvalue weighted by atomic mass is 9.30. The summed E-state index contributed by atoms with van der Waals surface area (Å²) in [6.07, 6.45) is 4.51. The Morgan fingerprint density at radius 2 is 1.11 bits per heavy atom. The van der Waals surface area contributed by atoms with Crippen molar-refractivity contribution in [3.05, 3.63) is 264 Å². The molecule has 9 aromatic carbocycles. The summed E-state index contributed by atoms with van der Waals surface area (Å²) in [5.41, 5.74) is 21.6. The molecule has 0 radical (unpaired) electrons. The molecule has 0 amide bonds. The molecule has 0 saturated carbocycles. The van der Waals surface area contributed by atoms with E-state index >= 15 is 0 Å². The molecule has 1 atom stereocenters. The summed E-state index contributed by atoms with van der Waals surface area (Å²) in [5.74, 6) is 0. The van der Waals surface area contributed by atoms with Gasteiger partial charge in [0.05, 0.1) is 27.7 Å². The highest BCUT2D eigenvalue weighted by Crippen LogP contribution is 2.57. The fourth-order valence-electron chi connectivity index (χ4n) is 12.9. The fourth-order valence-corrected chi connectivity index (χ4v) is 12.9. The smallest absolute Gasteiger partial charge is 0.248 e. The summed E-state index contributed by atoms with van der Waals surface area (Å²) in [5, 5.41) is 5.18. The highest BCUT2D eigenvalue weighted by molar-refractivity contribution is 7.00. The van der Waals surface area contributed by atoms with Gasteiger partial charge < -0.3 is 9.30 Å². The molecule has 3 aliphatic rings. The average Bonchev–Trinajstić information content (AvgIpc) is 4.01. The van der Waals surface area contributed by atoms with Crippen LogP contribution in [0.15, 0.2) is 231 Å². The minimum atomic E-state index is -0.523. The van der Waals surface area contributed by atoms with Gasteiger partial charge in [0, 0.05) is 56.2 Å². The van der Waals surface area contributed by atoms with Crippen LogP contribution in [0, 0.1) is 0 Å². The zero-order chi connectivity index (χ0) is 42.4. The lowest BCUT2D eigenvalue weighted by Crippen LogP contribution is -2.65. The van der Waals surface area contributed by atoms with E-state index in [-0.39, 0.29) is 12.8 Å². The van der Waals surface area contributed by atoms with Crippen molar-refractivity contribution in [2.75, 3.05) is 4.90 Å². The highest BCUT2D eigenvalue weighted by atomic mass is 15.2. The van der Waals surface area contributed by atoms with Crippen LogP contribution in [0.2, 0.25) is 0 Å². The molecule has 3 nitrogen and oxygen atoms in total. The van der Waals surface area contributed by atoms with Gasteiger partial charge in [-0.1, -0.05) is 181 Å². The lowest BCUT2D eigenvalue weighted by Gasteiger charge is -2.42. The Bertz CT molecular complexity index is 3860. The molecule has 300 valence electrons. The summed E-state index contributed by atoms with van der Waals surface area (Å²) in [6.45, 7) is -0.0571. The normalized spacial score (nSPS) is 15.3. The number of nitrogens with zero attached hydrogens (tertiary/aromatic N) is 3. The van der Waals surface area contributed by atoms with Crippen molar-refractivity contribution in [2.24, 2.45) is 0 Å². The lowest BCUT2D eigenvalue weighted by molar-refractivity contribution is -0.704. The van der Waals surface area contributed by atoms with Crippen LogP contribution >= 0.6 is 0 Å². The topological polar surface area (TPSA) is 11.5 Å². The summed E-state index contributed by atoms with van der Waals surface area (Å²) < 4.78 is 4.97. The van der Waals surface area contributed by atoms with Crippen molar-refractivity contribution in [1.82, 2.24) is 4.40 Å². The number of rotatable bonds is 4. The summed E-state index contributed by atoms with van der Waals surface area (Å²) >= 11 is 0. The van der Waals surface area contributed by atoms with Gasteiger partial charge in [-0.05, 0) is 74.6 Å². The molecule has 0 fully saturated rings. The quantitative estimate of drug-likeness (QED) is 0.127. The first-order chi connectivity index (χ1) is 32.3. The predicted molar refractivity (Wildman–Crippen MR) is 268 cm³/mol. The van der Waals surface area contributed by atoms with E-state index in [0.717, 1.165) is 5.69 Å². The van der Waals surface area contributed by atoms with E-state index in [1.165, 1.54) is 110 Å². The third-order valence-corrected chi connectivity index (χ3v) is 15.2. The van der Waals surface area contributed by atoms with Crippen LogP contribution in [0.4, 0.5) is 17.1 Å². The SMILES string of the molecule is c1ccc(N2c3cccc4c3B(c3ccc5c(c32)c2cccc3c6ccccc6n5c32)c2c(ccc3c2-c2ccccc2C3(c2ccccc2)c2ccccc2)C4[n+]2ccccc2)cc1. The first-order valence-electron chi connectivity index (χ1n) is 22.8. The van der Waals surface area contributed by atoms with E-state index in [0.29, 0.717) is 0 Å². The minimum Gasteiger partial charge on any atom is -0.311 e. The van der Waals surface area contributed by atoms with Gasteiger partial charge in [-0.3, -0.25) is 0 Å². The molecular formula is C61H39BN3+. The van der Waals surface area contributed by atoms with Gasteiger partial charge in [0.25, 0.3) is 0 Å². The van der Waals surface area contributed by atoms with Gasteiger partial charge in [-0.2, -0.15) is 4.57 Å². The minimum absolute atomic E-state index is 0.0483. The van der Waals surface area contributed by atoms with Gasteiger partial charge in [0.1, 0.15) is 0 Å². The number of fused-ring (bicyclic) bond motifs is 15. The number of pyridine rings is 1. The fraction of sp³-hybridized carbons (Fsp3) is 0.0328. The molecular weight excluding hydrogens is 786 g/mol. The summed E-state index contributed by atoms with van der Waals surface area (Å²) in [6, 6.07) is 82.1. The molecule has 1 unspecified atom stereocenters. The first-order valence-corrected chi connectivity index (χ1v) is 22.8. The molecule has 65 heavy (non-hydrogen) atoms. The van der Waals surface area contributed by atoms with Gasteiger partial charge >= 0.3 is 0 Å². The Morgan fingerprint density at radius 3 is 1.91 bits per heavy atom. The maximum Gasteiger partial charge on any atom is 0.248 e. The Balaban J connectivity index is 1.14. The first kappa shape index (κ1) is 35.3. The second kappa shape index (κ2) is 12.9. The van der Waals surface area contributed by atoms with Crippen molar-refractivity contribution in [1.29, 1.82) is 0 Å². The van der Waals surface area contributed by atoms with Gasteiger partial charge in [0.2, 0.25) is 12.8 Å². The largest absolute Gasteiger partial charge is 0.311 e. The van der Waals surface area contributed by atoms with Crippen molar-refractivity contribution < 1.29 is 4.57 Å². The molecule has 2 aliphatic heterocycles. The zero-order valence-electron chi connectivity index (χ0n) is 35.4. The maximum absolute atomic E-state index is 2.60. The van der Waals surface area contributed by atoms with Crippen molar-refractivity contribution in [2.45, 2.75) is 11.5 Å². The second-order valence-corrected chi connectivity index (χ2v) is 18.1. The number of anilines is 3. The van der Waals surface area contributed by atoms with Crippen LogP contribution < -0.4 is 25.9 Å². The summed E-state index contributed by atoms with van der Waals surface area (Å²) in [7, 11) is 0. The zero-order valence-corrected chi connectivity index (χ0v) is 35.4. The number of benzene rings is 9. The van der Waals surface area contributed by atoms with E-state index in [1.54, 1.807) is 0 Å². The molecule has 3 aromatic heterocycles. The predicted octanol–water partition coefficient (Wildman–Crippen LogP) is 11.7. The van der Waals surface area contributed by atoms with Crippen LogP contribution in [-0.2, 0) is 5.41 Å². The number of aromatic nitrogens is 2. The van der Waals surface area contributed by atoms with Crippen LogP contribution in [0.3, 0.4) is 0 Å². The maximum atomic E-state index is 2.60. The van der Waals surface area contributed by atoms with E-state index in [1.807, 2.05) is 0 Å². The monoisotopic (exact) mass is 824 g/mol. The third kappa shape index (κ3) is 4.39. The molecule has 4 heteroatoms. The molecule has 0 saturated heterocycles. The van der Waals surface area contributed by atoms with Gasteiger partial charge in [-0.25, -0.2) is 0 Å². The Kier molecular flexibility index (Phi) is 7.02. The molecule has 1 aliphatic carbocycles. The molecule has 0 N–H and O–H groups in total. The Morgan fingerprint density at radius 1 is 0.462 bits per heavy atom. The molecule has 15 rings (SSSR count). The molecule has 0 bridgehead atoms. The van der Waals surface area contributed by atoms with Gasteiger partial charge in [-0.15, -0.1) is 0 Å². The molecule has 5 heterocycles. The highest BCUT2D eigenvalue weighted by Gasteiger charge is 2.53. The van der Waals surface area contributed by atoms with Crippen LogP contribution in [0.25, 0.3) is 49.2 Å². The van der Waals surface area contributed by atoms with E-state index < -0.39 is 5.41 Å². The standard InChI is InChI=1S/C61H39BN3/c1-5-19-39(20-6-1)61(40-21-7-2-8-22-40)48-30-13-11-26-44(48)54-49(61)34-33-47-57(54)62-50-35-36-52-55(45-28-17-27-43-42-25-12-14-31-51(42)65(52)59(43)45)60(50)64(41-23-9-3-10-24-41)53-32-18-29-46(56(53)62)58(47)63-37-15-4-16-38-63/h1-38,58H/q+1. The number of hydrogen-bond acceptors (Lipinski definition) is 1. The van der Waals surface area contributed by atoms with Crippen LogP contribution in [0.5, 0.6) is 0 Å².